The van der Waals surface area contributed by atoms with E-state index in [9.17, 15) is 14.0 Å². The normalized spacial score (nSPS) is 33.5. The third kappa shape index (κ3) is 1.64. The molecule has 0 bridgehead atoms. The lowest BCUT2D eigenvalue weighted by atomic mass is 10.2. The van der Waals surface area contributed by atoms with Crippen molar-refractivity contribution in [2.75, 3.05) is 0 Å². The van der Waals surface area contributed by atoms with Gasteiger partial charge in [0.25, 0.3) is 0 Å². The van der Waals surface area contributed by atoms with Crippen LogP contribution in [0.5, 0.6) is 0 Å². The fourth-order valence-corrected chi connectivity index (χ4v) is 1.71. The predicted octanol–water partition coefficient (Wildman–Crippen LogP) is 0.418. The Bertz CT molecular complexity index is 244. The van der Waals surface area contributed by atoms with Crippen molar-refractivity contribution in [2.45, 2.75) is 38.5 Å². The number of amides is 1. The van der Waals surface area contributed by atoms with E-state index in [4.69, 9.17) is 5.11 Å². The quantitative estimate of drug-likeness (QED) is 0.650. The van der Waals surface area contributed by atoms with Gasteiger partial charge in [0.05, 0.1) is 6.04 Å². The molecule has 0 saturated carbocycles. The summed E-state index contributed by atoms with van der Waals surface area (Å²) in [5.41, 5.74) is 0. The first-order valence-corrected chi connectivity index (χ1v) is 4.11. The molecule has 13 heavy (non-hydrogen) atoms. The number of nitrogens with zero attached hydrogens (tertiary/aromatic N) is 1. The zero-order valence-corrected chi connectivity index (χ0v) is 7.53. The number of likely N-dealkylation sites (tertiary alicyclic amines) is 1. The molecule has 0 aromatic carbocycles. The molecule has 1 saturated heterocycles. The Morgan fingerprint density at radius 1 is 1.54 bits per heavy atom. The Hall–Kier alpha value is -1.13. The Balaban J connectivity index is 2.86. The van der Waals surface area contributed by atoms with Gasteiger partial charge in [-0.1, -0.05) is 0 Å². The molecule has 1 rings (SSSR count). The van der Waals surface area contributed by atoms with E-state index in [0.29, 0.717) is 0 Å². The summed E-state index contributed by atoms with van der Waals surface area (Å²) in [5.74, 6) is -1.53. The predicted molar refractivity (Wildman–Crippen MR) is 42.9 cm³/mol. The zero-order chi connectivity index (χ0) is 10.2. The monoisotopic (exact) mass is 189 g/mol. The van der Waals surface area contributed by atoms with Crippen LogP contribution in [0, 0.1) is 0 Å². The highest BCUT2D eigenvalue weighted by atomic mass is 19.1. The Morgan fingerprint density at radius 3 is 2.38 bits per heavy atom. The minimum atomic E-state index is -1.23. The summed E-state index contributed by atoms with van der Waals surface area (Å²) in [5, 5.41) is 8.71. The van der Waals surface area contributed by atoms with Gasteiger partial charge < -0.3 is 10.0 Å². The van der Waals surface area contributed by atoms with Gasteiger partial charge in [0, 0.05) is 13.3 Å². The van der Waals surface area contributed by atoms with Crippen LogP contribution in [0.15, 0.2) is 0 Å². The van der Waals surface area contributed by atoms with Crippen LogP contribution < -0.4 is 0 Å². The van der Waals surface area contributed by atoms with Gasteiger partial charge in [0.2, 0.25) is 5.91 Å². The standard InChI is InChI=1S/C8H12FNO3/c1-4-6(9)3-7(8(12)13)10(4)5(2)11/h4,6-7H,3H2,1-2H3,(H,12,13)/t4-,6+,7-/m0/s1. The van der Waals surface area contributed by atoms with E-state index >= 15 is 0 Å². The molecule has 0 aromatic heterocycles. The summed E-state index contributed by atoms with van der Waals surface area (Å²) < 4.78 is 13.1. The molecular formula is C8H12FNO3. The van der Waals surface area contributed by atoms with Crippen molar-refractivity contribution in [3.05, 3.63) is 0 Å². The van der Waals surface area contributed by atoms with Crippen molar-refractivity contribution in [3.63, 3.8) is 0 Å². The number of carboxylic acid groups (broad SMARTS) is 1. The van der Waals surface area contributed by atoms with Crippen LogP contribution in [0.1, 0.15) is 20.3 Å². The summed E-state index contributed by atoms with van der Waals surface area (Å²) in [6.07, 6.45) is -1.33. The first kappa shape index (κ1) is 9.95. The second-order valence-corrected chi connectivity index (χ2v) is 3.27. The second-order valence-electron chi connectivity index (χ2n) is 3.27. The van der Waals surface area contributed by atoms with Gasteiger partial charge in [0.15, 0.2) is 0 Å². The maximum Gasteiger partial charge on any atom is 0.326 e. The van der Waals surface area contributed by atoms with Gasteiger partial charge in [-0.15, -0.1) is 0 Å². The highest BCUT2D eigenvalue weighted by molar-refractivity contribution is 5.83. The molecule has 1 N–H and O–H groups in total. The summed E-state index contributed by atoms with van der Waals surface area (Å²) >= 11 is 0. The van der Waals surface area contributed by atoms with E-state index in [-0.39, 0.29) is 12.3 Å². The van der Waals surface area contributed by atoms with Crippen LogP contribution in [0.3, 0.4) is 0 Å². The van der Waals surface area contributed by atoms with Crippen molar-refractivity contribution in [1.29, 1.82) is 0 Å². The summed E-state index contributed by atoms with van der Waals surface area (Å²) in [7, 11) is 0. The number of alkyl halides is 1. The van der Waals surface area contributed by atoms with E-state index in [2.05, 4.69) is 0 Å². The topological polar surface area (TPSA) is 57.6 Å². The number of hydrogen-bond donors (Lipinski definition) is 1. The Kier molecular flexibility index (Phi) is 2.54. The lowest BCUT2D eigenvalue weighted by Crippen LogP contribution is -2.43. The molecule has 0 aliphatic carbocycles. The number of hydrogen-bond acceptors (Lipinski definition) is 2. The van der Waals surface area contributed by atoms with Gasteiger partial charge in [-0.2, -0.15) is 0 Å². The molecule has 0 aromatic rings. The van der Waals surface area contributed by atoms with Gasteiger partial charge >= 0.3 is 5.97 Å². The average Bonchev–Trinajstić information content (AvgIpc) is 2.28. The molecule has 1 aliphatic rings. The van der Waals surface area contributed by atoms with Crippen LogP contribution in [0.25, 0.3) is 0 Å². The van der Waals surface area contributed by atoms with E-state index in [1.165, 1.54) is 13.8 Å². The maximum absolute atomic E-state index is 13.1. The average molecular weight is 189 g/mol. The van der Waals surface area contributed by atoms with Crippen molar-refractivity contribution in [2.24, 2.45) is 0 Å². The summed E-state index contributed by atoms with van der Waals surface area (Å²) in [6.45, 7) is 2.78. The SMILES string of the molecule is CC(=O)N1[C@H](C(=O)O)C[C@@H](F)[C@@H]1C. The highest BCUT2D eigenvalue weighted by Gasteiger charge is 2.43. The first-order chi connectivity index (χ1) is 5.95. The first-order valence-electron chi connectivity index (χ1n) is 4.11. The Morgan fingerprint density at radius 2 is 2.08 bits per heavy atom. The van der Waals surface area contributed by atoms with Crippen molar-refractivity contribution in [1.82, 2.24) is 4.90 Å². The van der Waals surface area contributed by atoms with Crippen molar-refractivity contribution >= 4 is 11.9 Å². The highest BCUT2D eigenvalue weighted by Crippen LogP contribution is 2.26. The minimum absolute atomic E-state index is 0.101. The molecule has 1 amide bonds. The van der Waals surface area contributed by atoms with E-state index in [1.54, 1.807) is 0 Å². The van der Waals surface area contributed by atoms with Gasteiger partial charge in [-0.3, -0.25) is 4.79 Å². The van der Waals surface area contributed by atoms with Gasteiger partial charge in [-0.05, 0) is 6.92 Å². The fraction of sp³-hybridized carbons (Fsp3) is 0.750. The van der Waals surface area contributed by atoms with Crippen LogP contribution in [-0.4, -0.2) is 40.1 Å². The maximum atomic E-state index is 13.1. The van der Waals surface area contributed by atoms with E-state index < -0.39 is 24.2 Å². The number of rotatable bonds is 1. The second kappa shape index (κ2) is 3.32. The molecule has 4 nitrogen and oxygen atoms in total. The van der Waals surface area contributed by atoms with E-state index in [0.717, 1.165) is 4.90 Å². The molecule has 0 radical (unpaired) electrons. The molecule has 3 atom stereocenters. The number of carbonyl (C=O) groups excluding carboxylic acids is 1. The molecule has 0 spiro atoms. The lowest BCUT2D eigenvalue weighted by molar-refractivity contribution is -0.148. The minimum Gasteiger partial charge on any atom is -0.480 e. The molecule has 0 unspecified atom stereocenters. The van der Waals surface area contributed by atoms with E-state index in [1.807, 2.05) is 0 Å². The summed E-state index contributed by atoms with van der Waals surface area (Å²) in [6, 6.07) is -1.62. The van der Waals surface area contributed by atoms with Crippen LogP contribution >= 0.6 is 0 Å². The largest absolute Gasteiger partial charge is 0.480 e. The number of carbonyl (C=O) groups is 2. The van der Waals surface area contributed by atoms with Crippen LogP contribution in [-0.2, 0) is 9.59 Å². The third-order valence-electron chi connectivity index (χ3n) is 2.40. The lowest BCUT2D eigenvalue weighted by Gasteiger charge is -2.24. The van der Waals surface area contributed by atoms with Gasteiger partial charge in [-0.25, -0.2) is 9.18 Å². The van der Waals surface area contributed by atoms with Crippen molar-refractivity contribution in [3.8, 4) is 0 Å². The molecule has 5 heteroatoms. The fourth-order valence-electron chi connectivity index (χ4n) is 1.71. The number of halogens is 1. The molecular weight excluding hydrogens is 177 g/mol. The smallest absolute Gasteiger partial charge is 0.326 e. The summed E-state index contributed by atoms with van der Waals surface area (Å²) in [4.78, 5) is 22.8. The molecule has 1 heterocycles. The third-order valence-corrected chi connectivity index (χ3v) is 2.40. The molecule has 1 fully saturated rings. The number of carboxylic acids is 1. The van der Waals surface area contributed by atoms with Gasteiger partial charge in [0.1, 0.15) is 12.2 Å². The Labute approximate surface area is 75.3 Å². The van der Waals surface area contributed by atoms with Crippen LogP contribution in [0.4, 0.5) is 4.39 Å². The number of aliphatic carboxylic acids is 1. The van der Waals surface area contributed by atoms with Crippen molar-refractivity contribution < 1.29 is 19.1 Å². The zero-order valence-electron chi connectivity index (χ0n) is 7.53. The van der Waals surface area contributed by atoms with Crippen LogP contribution in [0.2, 0.25) is 0 Å². The molecule has 1 aliphatic heterocycles. The molecule has 74 valence electrons.